The van der Waals surface area contributed by atoms with E-state index in [4.69, 9.17) is 5.11 Å². The number of hydrogen-bond donors (Lipinski definition) is 2. The summed E-state index contributed by atoms with van der Waals surface area (Å²) in [6, 6.07) is 10.7. The summed E-state index contributed by atoms with van der Waals surface area (Å²) < 4.78 is 0. The van der Waals surface area contributed by atoms with Crippen LogP contribution in [0.1, 0.15) is 48.2 Å². The van der Waals surface area contributed by atoms with Gasteiger partial charge in [-0.1, -0.05) is 11.6 Å². The highest BCUT2D eigenvalue weighted by atomic mass is 16.4. The number of nitrogens with zero attached hydrogens (tertiary/aromatic N) is 1. The molecule has 1 heterocycles. The molecule has 0 amide bonds. The number of aromatic carboxylic acids is 1. The molecule has 0 saturated carbocycles. The van der Waals surface area contributed by atoms with Crippen molar-refractivity contribution in [2.75, 3.05) is 0 Å². The van der Waals surface area contributed by atoms with Gasteiger partial charge in [-0.3, -0.25) is 9.59 Å². The van der Waals surface area contributed by atoms with Gasteiger partial charge in [0.25, 0.3) is 0 Å². The van der Waals surface area contributed by atoms with Crippen LogP contribution in [-0.2, 0) is 0 Å². The normalized spacial score (nSPS) is 16.1. The van der Waals surface area contributed by atoms with Crippen molar-refractivity contribution in [3.05, 3.63) is 70.4 Å². The van der Waals surface area contributed by atoms with Crippen molar-refractivity contribution < 1.29 is 24.6 Å². The molecule has 2 N–H and O–H groups in total. The van der Waals surface area contributed by atoms with E-state index < -0.39 is 23.5 Å². The third kappa shape index (κ3) is 2.27. The van der Waals surface area contributed by atoms with Crippen LogP contribution in [0.5, 0.6) is 5.75 Å². The zero-order valence-corrected chi connectivity index (χ0v) is 13.7. The van der Waals surface area contributed by atoms with Gasteiger partial charge in [-0.2, -0.15) is 0 Å². The summed E-state index contributed by atoms with van der Waals surface area (Å²) in [5.41, 5.74) is 1.67. The Morgan fingerprint density at radius 1 is 1.00 bits per heavy atom. The lowest BCUT2D eigenvalue weighted by atomic mass is 9.97. The Balaban J connectivity index is 1.86. The summed E-state index contributed by atoms with van der Waals surface area (Å²) in [5.74, 6) is -3.72. The SMILES string of the molecule is Cc1ccc2nc(C3C(=O)c4ccc(C(=O)O)cc4C3=O)c(O)cc2c1. The van der Waals surface area contributed by atoms with E-state index in [9.17, 15) is 19.5 Å². The molecular formula is C20H13NO5. The van der Waals surface area contributed by atoms with Gasteiger partial charge in [-0.05, 0) is 43.3 Å². The molecule has 0 radical (unpaired) electrons. The van der Waals surface area contributed by atoms with Gasteiger partial charge in [0.15, 0.2) is 11.6 Å². The molecule has 6 heteroatoms. The number of aryl methyl sites for hydroxylation is 1. The maximum atomic E-state index is 12.8. The van der Waals surface area contributed by atoms with E-state index in [-0.39, 0.29) is 28.1 Å². The Bertz CT molecular complexity index is 1130. The fourth-order valence-electron chi connectivity index (χ4n) is 3.29. The minimum Gasteiger partial charge on any atom is -0.506 e. The van der Waals surface area contributed by atoms with Crippen LogP contribution in [0, 0.1) is 6.92 Å². The highest BCUT2D eigenvalue weighted by molar-refractivity contribution is 6.30. The summed E-state index contributed by atoms with van der Waals surface area (Å²) in [5, 5.41) is 20.1. The molecule has 2 aromatic carbocycles. The van der Waals surface area contributed by atoms with Crippen molar-refractivity contribution >= 4 is 28.4 Å². The summed E-state index contributed by atoms with van der Waals surface area (Å²) in [4.78, 5) is 40.9. The van der Waals surface area contributed by atoms with E-state index in [1.54, 1.807) is 6.07 Å². The Morgan fingerprint density at radius 2 is 1.73 bits per heavy atom. The molecule has 3 aromatic rings. The summed E-state index contributed by atoms with van der Waals surface area (Å²) in [6.45, 7) is 1.91. The Labute approximate surface area is 147 Å². The molecule has 128 valence electrons. The lowest BCUT2D eigenvalue weighted by molar-refractivity contribution is 0.0696. The number of hydrogen-bond acceptors (Lipinski definition) is 5. The number of carbonyl (C=O) groups is 3. The van der Waals surface area contributed by atoms with E-state index >= 15 is 0 Å². The molecule has 4 rings (SSSR count). The first-order valence-electron chi connectivity index (χ1n) is 7.93. The lowest BCUT2D eigenvalue weighted by Crippen LogP contribution is -2.14. The van der Waals surface area contributed by atoms with Crippen molar-refractivity contribution in [2.24, 2.45) is 0 Å². The molecule has 1 aliphatic carbocycles. The van der Waals surface area contributed by atoms with E-state index in [1.165, 1.54) is 24.3 Å². The van der Waals surface area contributed by atoms with Crippen molar-refractivity contribution in [2.45, 2.75) is 12.8 Å². The second-order valence-electron chi connectivity index (χ2n) is 6.32. The zero-order valence-electron chi connectivity index (χ0n) is 13.7. The second kappa shape index (κ2) is 5.49. The molecule has 26 heavy (non-hydrogen) atoms. The number of carboxylic acid groups (broad SMARTS) is 1. The van der Waals surface area contributed by atoms with Gasteiger partial charge >= 0.3 is 5.97 Å². The fraction of sp³-hybridized carbons (Fsp3) is 0.100. The lowest BCUT2D eigenvalue weighted by Gasteiger charge is -2.10. The van der Waals surface area contributed by atoms with Crippen molar-refractivity contribution in [3.8, 4) is 5.75 Å². The largest absolute Gasteiger partial charge is 0.506 e. The number of rotatable bonds is 2. The van der Waals surface area contributed by atoms with Gasteiger partial charge in [0, 0.05) is 16.5 Å². The number of benzene rings is 2. The van der Waals surface area contributed by atoms with Gasteiger partial charge in [-0.15, -0.1) is 0 Å². The van der Waals surface area contributed by atoms with Gasteiger partial charge < -0.3 is 10.2 Å². The average molecular weight is 347 g/mol. The highest BCUT2D eigenvalue weighted by Gasteiger charge is 2.42. The Morgan fingerprint density at radius 3 is 2.46 bits per heavy atom. The third-order valence-corrected chi connectivity index (χ3v) is 4.57. The van der Waals surface area contributed by atoms with Crippen LogP contribution < -0.4 is 0 Å². The number of fused-ring (bicyclic) bond motifs is 2. The topological polar surface area (TPSA) is 105 Å². The molecule has 1 aliphatic rings. The van der Waals surface area contributed by atoms with Gasteiger partial charge in [-0.25, -0.2) is 9.78 Å². The molecule has 0 aliphatic heterocycles. The second-order valence-corrected chi connectivity index (χ2v) is 6.32. The Kier molecular flexibility index (Phi) is 3.37. The van der Waals surface area contributed by atoms with Crippen LogP contribution in [-0.4, -0.2) is 32.7 Å². The molecule has 0 fully saturated rings. The van der Waals surface area contributed by atoms with E-state index in [2.05, 4.69) is 4.98 Å². The quantitative estimate of drug-likeness (QED) is 0.690. The third-order valence-electron chi connectivity index (χ3n) is 4.57. The summed E-state index contributed by atoms with van der Waals surface area (Å²) >= 11 is 0. The predicted octanol–water partition coefficient (Wildman–Crippen LogP) is 3.11. The molecule has 6 nitrogen and oxygen atoms in total. The minimum absolute atomic E-state index is 0.00979. The Hall–Kier alpha value is -3.54. The maximum Gasteiger partial charge on any atom is 0.335 e. The summed E-state index contributed by atoms with van der Waals surface area (Å²) in [7, 11) is 0. The van der Waals surface area contributed by atoms with E-state index in [1.807, 2.05) is 19.1 Å². The van der Waals surface area contributed by atoms with Crippen molar-refractivity contribution in [1.29, 1.82) is 0 Å². The van der Waals surface area contributed by atoms with Crippen molar-refractivity contribution in [1.82, 2.24) is 4.98 Å². The maximum absolute atomic E-state index is 12.8. The van der Waals surface area contributed by atoms with Gasteiger partial charge in [0.1, 0.15) is 17.4 Å². The molecule has 1 unspecified atom stereocenters. The first-order chi connectivity index (χ1) is 12.4. The van der Waals surface area contributed by atoms with Gasteiger partial charge in [0.2, 0.25) is 0 Å². The molecule has 0 saturated heterocycles. The van der Waals surface area contributed by atoms with Crippen LogP contribution in [0.15, 0.2) is 42.5 Å². The minimum atomic E-state index is -1.26. The van der Waals surface area contributed by atoms with E-state index in [0.717, 1.165) is 5.56 Å². The summed E-state index contributed by atoms with van der Waals surface area (Å²) in [6.07, 6.45) is 0. The zero-order chi connectivity index (χ0) is 18.6. The van der Waals surface area contributed by atoms with Crippen LogP contribution >= 0.6 is 0 Å². The monoisotopic (exact) mass is 347 g/mol. The molecule has 1 atom stereocenters. The number of ketones is 2. The number of carbonyl (C=O) groups excluding carboxylic acids is 2. The number of aromatic nitrogens is 1. The number of Topliss-reactive ketones (excluding diaryl/α,β-unsaturated/α-hetero) is 2. The standard InChI is InChI=1S/C20H13NO5/c1-9-2-5-14-11(6-9)8-15(22)17(21-14)16-18(23)12-4-3-10(20(25)26)7-13(12)19(16)24/h2-8,16,22H,1H3,(H,25,26). The number of carboxylic acids is 1. The highest BCUT2D eigenvalue weighted by Crippen LogP contribution is 2.38. The van der Waals surface area contributed by atoms with Crippen LogP contribution in [0.4, 0.5) is 0 Å². The first kappa shape index (κ1) is 16.0. The smallest absolute Gasteiger partial charge is 0.335 e. The number of aromatic hydroxyl groups is 1. The van der Waals surface area contributed by atoms with Gasteiger partial charge in [0.05, 0.1) is 11.1 Å². The molecular weight excluding hydrogens is 334 g/mol. The molecule has 1 aromatic heterocycles. The van der Waals surface area contributed by atoms with Crippen LogP contribution in [0.3, 0.4) is 0 Å². The van der Waals surface area contributed by atoms with Crippen LogP contribution in [0.25, 0.3) is 10.9 Å². The average Bonchev–Trinajstić information content (AvgIpc) is 2.85. The van der Waals surface area contributed by atoms with Crippen molar-refractivity contribution in [3.63, 3.8) is 0 Å². The fourth-order valence-corrected chi connectivity index (χ4v) is 3.29. The first-order valence-corrected chi connectivity index (χ1v) is 7.93. The predicted molar refractivity (Wildman–Crippen MR) is 92.9 cm³/mol. The van der Waals surface area contributed by atoms with E-state index in [0.29, 0.717) is 10.9 Å². The number of pyridine rings is 1. The van der Waals surface area contributed by atoms with Crippen LogP contribution in [0.2, 0.25) is 0 Å². The molecule has 0 bridgehead atoms. The molecule has 0 spiro atoms.